The third-order valence-corrected chi connectivity index (χ3v) is 6.28. The number of hydrogen-bond donors (Lipinski definition) is 2. The molecule has 0 heterocycles. The van der Waals surface area contributed by atoms with Crippen LogP contribution in [0.3, 0.4) is 0 Å². The largest absolute Gasteiger partial charge is 0.503 e. The van der Waals surface area contributed by atoms with Gasteiger partial charge in [-0.3, -0.25) is 0 Å². The van der Waals surface area contributed by atoms with E-state index in [1.54, 1.807) is 0 Å². The molecule has 0 fully saturated rings. The number of aromatic hydroxyl groups is 1. The first-order valence-corrected chi connectivity index (χ1v) is 12.9. The zero-order valence-corrected chi connectivity index (χ0v) is 19.8. The summed E-state index contributed by atoms with van der Waals surface area (Å²) in [4.78, 5) is 0. The van der Waals surface area contributed by atoms with Crippen molar-refractivity contribution >= 4 is 16.5 Å². The van der Waals surface area contributed by atoms with Crippen LogP contribution in [0.4, 0.5) is 5.69 Å². The third kappa shape index (κ3) is 9.84. The Hall–Kier alpha value is -1.90. The minimum atomic E-state index is 0.0650. The molecule has 174 valence electrons. The number of anilines is 1. The summed E-state index contributed by atoms with van der Waals surface area (Å²) in [6, 6.07) is 9.69. The van der Waals surface area contributed by atoms with Crippen LogP contribution in [0.15, 0.2) is 30.3 Å². The number of ether oxygens (including phenoxy) is 1. The highest BCUT2D eigenvalue weighted by Gasteiger charge is 2.10. The average molecular weight is 428 g/mol. The fourth-order valence-corrected chi connectivity index (χ4v) is 4.28. The Morgan fingerprint density at radius 1 is 0.710 bits per heavy atom. The quantitative estimate of drug-likeness (QED) is 0.142. The first-order valence-electron chi connectivity index (χ1n) is 12.9. The highest BCUT2D eigenvalue weighted by molar-refractivity contribution is 5.97. The number of phenols is 1. The van der Waals surface area contributed by atoms with Gasteiger partial charge in [0.1, 0.15) is 0 Å². The van der Waals surface area contributed by atoms with E-state index in [1.807, 2.05) is 30.3 Å². The Balaban J connectivity index is 1.42. The van der Waals surface area contributed by atoms with Crippen LogP contribution >= 0.6 is 0 Å². The molecule has 0 saturated carbocycles. The normalized spacial score (nSPS) is 11.3. The lowest BCUT2D eigenvalue weighted by molar-refractivity contribution is 0.290. The first kappa shape index (κ1) is 25.4. The van der Waals surface area contributed by atoms with Crippen LogP contribution in [-0.2, 0) is 0 Å². The van der Waals surface area contributed by atoms with Gasteiger partial charge >= 0.3 is 0 Å². The number of rotatable bonds is 18. The average Bonchev–Trinajstić information content (AvgIpc) is 2.79. The summed E-state index contributed by atoms with van der Waals surface area (Å²) in [6.07, 6.45) is 21.7. The number of benzene rings is 2. The van der Waals surface area contributed by atoms with Crippen LogP contribution in [0.2, 0.25) is 0 Å². The fraction of sp³-hybridized carbons (Fsp3) is 0.643. The van der Waals surface area contributed by atoms with Gasteiger partial charge in [0.2, 0.25) is 0 Å². The van der Waals surface area contributed by atoms with Crippen molar-refractivity contribution in [3.05, 3.63) is 30.3 Å². The minimum Gasteiger partial charge on any atom is -0.503 e. The molecular formula is C28H45NO2. The maximum absolute atomic E-state index is 10.3. The van der Waals surface area contributed by atoms with Crippen LogP contribution < -0.4 is 10.5 Å². The van der Waals surface area contributed by atoms with Crippen molar-refractivity contribution in [1.82, 2.24) is 0 Å². The Kier molecular flexibility index (Phi) is 13.0. The lowest BCUT2D eigenvalue weighted by Gasteiger charge is -2.12. The molecule has 0 spiro atoms. The maximum Gasteiger partial charge on any atom is 0.181 e. The molecule has 0 amide bonds. The number of fused-ring (bicyclic) bond motifs is 1. The maximum atomic E-state index is 10.3. The molecule has 3 nitrogen and oxygen atoms in total. The number of phenolic OH excluding ortho intramolecular Hbond substituents is 1. The molecule has 3 heteroatoms. The van der Waals surface area contributed by atoms with Crippen LogP contribution in [0, 0.1) is 0 Å². The van der Waals surface area contributed by atoms with Crippen molar-refractivity contribution in [3.8, 4) is 11.5 Å². The van der Waals surface area contributed by atoms with Crippen LogP contribution in [0.1, 0.15) is 110 Å². The summed E-state index contributed by atoms with van der Waals surface area (Å²) >= 11 is 0. The van der Waals surface area contributed by atoms with Crippen molar-refractivity contribution in [2.24, 2.45) is 0 Å². The Morgan fingerprint density at radius 3 is 1.74 bits per heavy atom. The molecule has 2 rings (SSSR count). The van der Waals surface area contributed by atoms with Gasteiger partial charge in [-0.25, -0.2) is 0 Å². The van der Waals surface area contributed by atoms with Crippen molar-refractivity contribution in [1.29, 1.82) is 0 Å². The molecule has 0 atom stereocenters. The van der Waals surface area contributed by atoms with E-state index >= 15 is 0 Å². The molecule has 0 bridgehead atoms. The Bertz CT molecular complexity index is 728. The van der Waals surface area contributed by atoms with Crippen molar-refractivity contribution in [2.45, 2.75) is 110 Å². The second-order valence-electron chi connectivity index (χ2n) is 9.01. The van der Waals surface area contributed by atoms with Gasteiger partial charge in [0.15, 0.2) is 11.5 Å². The van der Waals surface area contributed by atoms with E-state index in [0.717, 1.165) is 17.2 Å². The smallest absolute Gasteiger partial charge is 0.181 e. The zero-order chi connectivity index (χ0) is 22.2. The summed E-state index contributed by atoms with van der Waals surface area (Å²) in [5, 5.41) is 12.2. The van der Waals surface area contributed by atoms with Gasteiger partial charge in [0, 0.05) is 5.39 Å². The molecule has 0 aromatic heterocycles. The fourth-order valence-electron chi connectivity index (χ4n) is 4.28. The van der Waals surface area contributed by atoms with Gasteiger partial charge in [0.05, 0.1) is 12.3 Å². The Labute approximate surface area is 190 Å². The van der Waals surface area contributed by atoms with E-state index in [1.165, 1.54) is 96.3 Å². The molecular weight excluding hydrogens is 382 g/mol. The number of unbranched alkanes of at least 4 members (excludes halogenated alkanes) is 15. The molecule has 31 heavy (non-hydrogen) atoms. The standard InChI is InChI=1S/C28H45NO2/c1-2-3-4-5-6-7-8-9-10-11-12-13-14-15-16-19-22-31-26-23-24-20-17-18-21-25(24)27(29)28(26)30/h17-18,20-21,23,30H,2-16,19,22,29H2,1H3. The van der Waals surface area contributed by atoms with Gasteiger partial charge in [-0.15, -0.1) is 0 Å². The summed E-state index contributed by atoms with van der Waals surface area (Å²) in [5.74, 6) is 0.562. The topological polar surface area (TPSA) is 55.5 Å². The minimum absolute atomic E-state index is 0.0650. The van der Waals surface area contributed by atoms with Gasteiger partial charge in [-0.1, -0.05) is 128 Å². The molecule has 2 aromatic rings. The Morgan fingerprint density at radius 2 is 1.19 bits per heavy atom. The van der Waals surface area contributed by atoms with Crippen LogP contribution in [-0.4, -0.2) is 11.7 Å². The van der Waals surface area contributed by atoms with E-state index in [0.29, 0.717) is 18.0 Å². The van der Waals surface area contributed by atoms with E-state index in [4.69, 9.17) is 10.5 Å². The molecule has 0 unspecified atom stereocenters. The van der Waals surface area contributed by atoms with E-state index in [9.17, 15) is 5.11 Å². The summed E-state index contributed by atoms with van der Waals surface area (Å²) in [5.41, 5.74) is 6.46. The lowest BCUT2D eigenvalue weighted by Crippen LogP contribution is -1.99. The third-order valence-electron chi connectivity index (χ3n) is 6.28. The van der Waals surface area contributed by atoms with Crippen molar-refractivity contribution < 1.29 is 9.84 Å². The van der Waals surface area contributed by atoms with Gasteiger partial charge in [-0.2, -0.15) is 0 Å². The molecule has 0 radical (unpaired) electrons. The van der Waals surface area contributed by atoms with Gasteiger partial charge < -0.3 is 15.6 Å². The van der Waals surface area contributed by atoms with E-state index in [-0.39, 0.29) is 5.75 Å². The summed E-state index contributed by atoms with van der Waals surface area (Å²) in [7, 11) is 0. The van der Waals surface area contributed by atoms with Crippen LogP contribution in [0.5, 0.6) is 11.5 Å². The lowest BCUT2D eigenvalue weighted by atomic mass is 10.0. The summed E-state index contributed by atoms with van der Waals surface area (Å²) < 4.78 is 5.81. The predicted octanol–water partition coefficient (Wildman–Crippen LogP) is 8.77. The SMILES string of the molecule is CCCCCCCCCCCCCCCCCCOc1cc2ccccc2c(N)c1O. The molecule has 0 aliphatic heterocycles. The van der Waals surface area contributed by atoms with E-state index < -0.39 is 0 Å². The predicted molar refractivity (Wildman–Crippen MR) is 135 cm³/mol. The number of nitrogens with two attached hydrogens (primary N) is 1. The summed E-state index contributed by atoms with van der Waals surface area (Å²) in [6.45, 7) is 2.91. The highest BCUT2D eigenvalue weighted by atomic mass is 16.5. The monoisotopic (exact) mass is 427 g/mol. The zero-order valence-electron chi connectivity index (χ0n) is 19.8. The molecule has 2 aromatic carbocycles. The first-order chi connectivity index (χ1) is 15.2. The number of hydrogen-bond acceptors (Lipinski definition) is 3. The number of nitrogen functional groups attached to an aromatic ring is 1. The molecule has 3 N–H and O–H groups in total. The second kappa shape index (κ2) is 15.8. The highest BCUT2D eigenvalue weighted by Crippen LogP contribution is 2.38. The van der Waals surface area contributed by atoms with Gasteiger partial charge in [0.25, 0.3) is 0 Å². The molecule has 0 saturated heterocycles. The molecule has 0 aliphatic carbocycles. The van der Waals surface area contributed by atoms with Gasteiger partial charge in [-0.05, 0) is 17.9 Å². The molecule has 0 aliphatic rings. The second-order valence-corrected chi connectivity index (χ2v) is 9.01. The van der Waals surface area contributed by atoms with Crippen LogP contribution in [0.25, 0.3) is 10.8 Å². The van der Waals surface area contributed by atoms with Crippen molar-refractivity contribution in [3.63, 3.8) is 0 Å². The van der Waals surface area contributed by atoms with E-state index in [2.05, 4.69) is 6.92 Å². The van der Waals surface area contributed by atoms with Crippen molar-refractivity contribution in [2.75, 3.05) is 12.3 Å².